The minimum atomic E-state index is -3.66. The van der Waals surface area contributed by atoms with Crippen LogP contribution in [0.15, 0.2) is 53.4 Å². The maximum absolute atomic E-state index is 12.7. The standard InChI is InChI=1S/C18H18N2O2S/c1-13-5-7-15(8-6-13)18(16-9-10-16)20-23(21,22)17-4-2-3-14(11-17)12-19/h2-8,11,16,18,20H,9-10H2,1H3. The average molecular weight is 326 g/mol. The van der Waals surface area contributed by atoms with E-state index in [0.717, 1.165) is 24.0 Å². The number of nitriles is 1. The summed E-state index contributed by atoms with van der Waals surface area (Å²) >= 11 is 0. The molecule has 1 N–H and O–H groups in total. The SMILES string of the molecule is Cc1ccc(C(NS(=O)(=O)c2cccc(C#N)c2)C2CC2)cc1. The highest BCUT2D eigenvalue weighted by molar-refractivity contribution is 7.89. The van der Waals surface area contributed by atoms with E-state index in [4.69, 9.17) is 5.26 Å². The first-order chi connectivity index (χ1) is 11.0. The molecule has 0 radical (unpaired) electrons. The summed E-state index contributed by atoms with van der Waals surface area (Å²) in [6.07, 6.45) is 2.05. The predicted octanol–water partition coefficient (Wildman–Crippen LogP) is 3.30. The zero-order chi connectivity index (χ0) is 16.4. The lowest BCUT2D eigenvalue weighted by Crippen LogP contribution is -2.30. The van der Waals surface area contributed by atoms with Gasteiger partial charge in [0.05, 0.1) is 16.5 Å². The molecule has 23 heavy (non-hydrogen) atoms. The molecule has 0 amide bonds. The fourth-order valence-corrected chi connectivity index (χ4v) is 3.95. The monoisotopic (exact) mass is 326 g/mol. The van der Waals surface area contributed by atoms with Crippen molar-refractivity contribution in [2.75, 3.05) is 0 Å². The zero-order valence-electron chi connectivity index (χ0n) is 12.9. The first kappa shape index (κ1) is 15.7. The Morgan fingerprint density at radius 3 is 2.48 bits per heavy atom. The summed E-state index contributed by atoms with van der Waals surface area (Å²) in [6, 6.07) is 15.8. The molecule has 1 aliphatic rings. The van der Waals surface area contributed by atoms with Gasteiger partial charge in [-0.2, -0.15) is 5.26 Å². The molecular weight excluding hydrogens is 308 g/mol. The fourth-order valence-electron chi connectivity index (χ4n) is 2.61. The molecule has 0 spiro atoms. The quantitative estimate of drug-likeness (QED) is 0.916. The summed E-state index contributed by atoms with van der Waals surface area (Å²) in [5.41, 5.74) is 2.47. The number of nitrogens with one attached hydrogen (secondary N) is 1. The summed E-state index contributed by atoms with van der Waals surface area (Å²) in [7, 11) is -3.66. The molecule has 0 saturated heterocycles. The molecule has 4 nitrogen and oxygen atoms in total. The van der Waals surface area contributed by atoms with E-state index in [1.165, 1.54) is 12.1 Å². The number of nitrogens with zero attached hydrogens (tertiary/aromatic N) is 1. The van der Waals surface area contributed by atoms with Gasteiger partial charge in [0.25, 0.3) is 0 Å². The van der Waals surface area contributed by atoms with E-state index < -0.39 is 10.0 Å². The Hall–Kier alpha value is -2.16. The number of benzene rings is 2. The van der Waals surface area contributed by atoms with Gasteiger partial charge in [-0.1, -0.05) is 35.9 Å². The summed E-state index contributed by atoms with van der Waals surface area (Å²) in [5, 5.41) is 8.95. The molecular formula is C18H18N2O2S. The smallest absolute Gasteiger partial charge is 0.207 e. The van der Waals surface area contributed by atoms with Crippen molar-refractivity contribution < 1.29 is 8.42 Å². The first-order valence-electron chi connectivity index (χ1n) is 7.59. The molecule has 1 aliphatic carbocycles. The number of aryl methyl sites for hydroxylation is 1. The minimum Gasteiger partial charge on any atom is -0.207 e. The van der Waals surface area contributed by atoms with E-state index in [0.29, 0.717) is 11.5 Å². The highest BCUT2D eigenvalue weighted by atomic mass is 32.2. The van der Waals surface area contributed by atoms with Gasteiger partial charge in [0.15, 0.2) is 0 Å². The third kappa shape index (κ3) is 3.61. The van der Waals surface area contributed by atoms with Gasteiger partial charge in [-0.15, -0.1) is 0 Å². The molecule has 1 unspecified atom stereocenters. The third-order valence-electron chi connectivity index (χ3n) is 4.09. The van der Waals surface area contributed by atoms with E-state index in [1.54, 1.807) is 12.1 Å². The summed E-state index contributed by atoms with van der Waals surface area (Å²) < 4.78 is 28.1. The van der Waals surface area contributed by atoms with Crippen LogP contribution in [0.5, 0.6) is 0 Å². The Balaban J connectivity index is 1.90. The van der Waals surface area contributed by atoms with Crippen LogP contribution in [0, 0.1) is 24.2 Å². The van der Waals surface area contributed by atoms with Crippen molar-refractivity contribution in [1.29, 1.82) is 5.26 Å². The van der Waals surface area contributed by atoms with Crippen LogP contribution in [-0.2, 0) is 10.0 Å². The van der Waals surface area contributed by atoms with Crippen LogP contribution < -0.4 is 4.72 Å². The highest BCUT2D eigenvalue weighted by Gasteiger charge is 2.35. The highest BCUT2D eigenvalue weighted by Crippen LogP contribution is 2.41. The number of rotatable bonds is 5. The number of sulfonamides is 1. The van der Waals surface area contributed by atoms with Crippen molar-refractivity contribution in [3.63, 3.8) is 0 Å². The number of hydrogen-bond acceptors (Lipinski definition) is 3. The molecule has 2 aromatic rings. The van der Waals surface area contributed by atoms with Crippen LogP contribution in [0.2, 0.25) is 0 Å². The van der Waals surface area contributed by atoms with Gasteiger partial charge in [-0.25, -0.2) is 13.1 Å². The molecule has 3 rings (SSSR count). The second-order valence-corrected chi connectivity index (χ2v) is 7.70. The van der Waals surface area contributed by atoms with Crippen molar-refractivity contribution in [2.45, 2.75) is 30.7 Å². The maximum atomic E-state index is 12.7. The molecule has 5 heteroatoms. The lowest BCUT2D eigenvalue weighted by Gasteiger charge is -2.19. The minimum absolute atomic E-state index is 0.134. The van der Waals surface area contributed by atoms with Crippen LogP contribution in [0.4, 0.5) is 0 Å². The Morgan fingerprint density at radius 1 is 1.17 bits per heavy atom. The van der Waals surface area contributed by atoms with Gasteiger partial charge < -0.3 is 0 Å². The fraction of sp³-hybridized carbons (Fsp3) is 0.278. The largest absolute Gasteiger partial charge is 0.241 e. The van der Waals surface area contributed by atoms with Gasteiger partial charge >= 0.3 is 0 Å². The van der Waals surface area contributed by atoms with Gasteiger partial charge in [0, 0.05) is 6.04 Å². The van der Waals surface area contributed by atoms with Crippen LogP contribution >= 0.6 is 0 Å². The summed E-state index contributed by atoms with van der Waals surface area (Å²) in [5.74, 6) is 0.339. The molecule has 0 aliphatic heterocycles. The molecule has 118 valence electrons. The third-order valence-corrected chi connectivity index (χ3v) is 5.52. The van der Waals surface area contributed by atoms with Crippen molar-refractivity contribution in [2.24, 2.45) is 5.92 Å². The Morgan fingerprint density at radius 2 is 1.87 bits per heavy atom. The van der Waals surface area contributed by atoms with Crippen molar-refractivity contribution in [3.8, 4) is 6.07 Å². The molecule has 1 saturated carbocycles. The molecule has 1 fully saturated rings. The van der Waals surface area contributed by atoms with Crippen LogP contribution in [0.25, 0.3) is 0 Å². The Bertz CT molecular complexity index is 847. The Kier molecular flexibility index (Phi) is 4.20. The topological polar surface area (TPSA) is 70.0 Å². The second-order valence-electron chi connectivity index (χ2n) is 5.99. The van der Waals surface area contributed by atoms with Gasteiger partial charge in [0.2, 0.25) is 10.0 Å². The zero-order valence-corrected chi connectivity index (χ0v) is 13.7. The average Bonchev–Trinajstić information content (AvgIpc) is 3.38. The van der Waals surface area contributed by atoms with Gasteiger partial charge in [-0.3, -0.25) is 0 Å². The van der Waals surface area contributed by atoms with E-state index in [2.05, 4.69) is 4.72 Å². The van der Waals surface area contributed by atoms with Crippen LogP contribution in [-0.4, -0.2) is 8.42 Å². The molecule has 0 bridgehead atoms. The van der Waals surface area contributed by atoms with Gasteiger partial charge in [0.1, 0.15) is 0 Å². The predicted molar refractivity (Wildman–Crippen MR) is 88.1 cm³/mol. The Labute approximate surface area is 136 Å². The van der Waals surface area contributed by atoms with Crippen molar-refractivity contribution in [1.82, 2.24) is 4.72 Å². The maximum Gasteiger partial charge on any atom is 0.241 e. The van der Waals surface area contributed by atoms with Gasteiger partial charge in [-0.05, 0) is 49.4 Å². The molecule has 0 aromatic heterocycles. The van der Waals surface area contributed by atoms with E-state index in [1.807, 2.05) is 37.3 Å². The first-order valence-corrected chi connectivity index (χ1v) is 9.07. The second kappa shape index (κ2) is 6.15. The van der Waals surface area contributed by atoms with E-state index >= 15 is 0 Å². The van der Waals surface area contributed by atoms with E-state index in [-0.39, 0.29) is 10.9 Å². The van der Waals surface area contributed by atoms with Crippen molar-refractivity contribution >= 4 is 10.0 Å². The summed E-state index contributed by atoms with van der Waals surface area (Å²) in [4.78, 5) is 0.134. The van der Waals surface area contributed by atoms with Crippen molar-refractivity contribution in [3.05, 3.63) is 65.2 Å². The lowest BCUT2D eigenvalue weighted by molar-refractivity contribution is 0.529. The normalized spacial score (nSPS) is 15.8. The number of hydrogen-bond donors (Lipinski definition) is 1. The lowest BCUT2D eigenvalue weighted by atomic mass is 10.0. The van der Waals surface area contributed by atoms with Crippen LogP contribution in [0.1, 0.15) is 35.6 Å². The molecule has 1 atom stereocenters. The van der Waals surface area contributed by atoms with Crippen LogP contribution in [0.3, 0.4) is 0 Å². The summed E-state index contributed by atoms with van der Waals surface area (Å²) in [6.45, 7) is 2.01. The van der Waals surface area contributed by atoms with E-state index in [9.17, 15) is 8.42 Å². The molecule has 0 heterocycles. The molecule has 2 aromatic carbocycles.